The van der Waals surface area contributed by atoms with E-state index in [1.807, 2.05) is 0 Å². The largest absolute Gasteiger partial charge is 0.507 e. The molecule has 3 atom stereocenters. The molecule has 0 spiro atoms. The summed E-state index contributed by atoms with van der Waals surface area (Å²) in [6, 6.07) is 3.42. The van der Waals surface area contributed by atoms with Gasteiger partial charge in [0.2, 0.25) is 0 Å². The van der Waals surface area contributed by atoms with Crippen LogP contribution in [0.25, 0.3) is 11.3 Å². The average Bonchev–Trinajstić information content (AvgIpc) is 3.36. The number of aromatic nitrogens is 2. The van der Waals surface area contributed by atoms with Gasteiger partial charge in [0.05, 0.1) is 5.56 Å². The Morgan fingerprint density at radius 2 is 1.90 bits per heavy atom. The molecular weight excluding hydrogens is 405 g/mol. The number of hydrogen-bond donors (Lipinski definition) is 2. The molecule has 2 aromatic rings. The maximum absolute atomic E-state index is 13.0. The Hall–Kier alpha value is -2.35. The topological polar surface area (TPSA) is 61.3 Å². The fourth-order valence-corrected chi connectivity index (χ4v) is 5.66. The molecule has 2 unspecified atom stereocenters. The highest BCUT2D eigenvalue weighted by Crippen LogP contribution is 2.57. The van der Waals surface area contributed by atoms with Crippen molar-refractivity contribution in [2.45, 2.75) is 63.1 Å². The lowest BCUT2D eigenvalue weighted by Crippen LogP contribution is -2.42. The minimum Gasteiger partial charge on any atom is -0.507 e. The molecule has 1 aromatic carbocycles. The summed E-state index contributed by atoms with van der Waals surface area (Å²) in [4.78, 5) is 2.43. The number of fused-ring (bicyclic) bond motifs is 5. The van der Waals surface area contributed by atoms with Crippen molar-refractivity contribution in [1.82, 2.24) is 15.1 Å². The van der Waals surface area contributed by atoms with E-state index in [9.17, 15) is 18.3 Å². The molecule has 0 amide bonds. The second-order valence-electron chi connectivity index (χ2n) is 9.04. The molecule has 2 aliphatic carbocycles. The number of phenols is 1. The molecule has 5 rings (SSSR count). The number of likely N-dealkylation sites (N-methyl/N-ethyl adjacent to an activating group) is 1. The first-order valence-corrected chi connectivity index (χ1v) is 11.1. The van der Waals surface area contributed by atoms with Crippen LogP contribution in [-0.4, -0.2) is 45.9 Å². The van der Waals surface area contributed by atoms with Crippen molar-refractivity contribution in [2.24, 2.45) is 0 Å². The first-order valence-electron chi connectivity index (χ1n) is 11.1. The predicted molar refractivity (Wildman–Crippen MR) is 112 cm³/mol. The number of likely N-dealkylation sites (tertiary alicyclic amines) is 1. The van der Waals surface area contributed by atoms with E-state index in [0.717, 1.165) is 80.8 Å². The lowest BCUT2D eigenvalue weighted by molar-refractivity contribution is -0.137. The summed E-state index contributed by atoms with van der Waals surface area (Å²) < 4.78 is 39.1. The molecule has 1 aromatic heterocycles. The van der Waals surface area contributed by atoms with Crippen LogP contribution in [-0.2, 0) is 6.18 Å². The van der Waals surface area contributed by atoms with Crippen LogP contribution >= 0.6 is 0 Å². The summed E-state index contributed by atoms with van der Waals surface area (Å²) in [5, 5.41) is 23.0. The highest BCUT2D eigenvalue weighted by atomic mass is 19.4. The molecule has 166 valence electrons. The van der Waals surface area contributed by atoms with Gasteiger partial charge >= 0.3 is 6.18 Å². The maximum atomic E-state index is 13.0. The summed E-state index contributed by atoms with van der Waals surface area (Å²) in [6.07, 6.45) is 0.903. The van der Waals surface area contributed by atoms with E-state index < -0.39 is 17.5 Å². The Kier molecular flexibility index (Phi) is 5.07. The first kappa shape index (κ1) is 20.5. The van der Waals surface area contributed by atoms with Gasteiger partial charge in [-0.2, -0.15) is 13.2 Å². The molecule has 1 aliphatic heterocycles. The Balaban J connectivity index is 1.52. The van der Waals surface area contributed by atoms with E-state index in [2.05, 4.69) is 27.3 Å². The lowest BCUT2D eigenvalue weighted by Gasteiger charge is -2.33. The van der Waals surface area contributed by atoms with Gasteiger partial charge in [-0.15, -0.1) is 10.2 Å². The molecule has 31 heavy (non-hydrogen) atoms. The SMILES string of the molecule is CCN1CCC[C@@H](Nc2nnc(-c3ccc(C(F)(F)F)cc3O)c3c2C2CCC3C2)C1. The molecule has 1 saturated heterocycles. The van der Waals surface area contributed by atoms with E-state index in [1.165, 1.54) is 6.07 Å². The van der Waals surface area contributed by atoms with Crippen LogP contribution in [0, 0.1) is 0 Å². The number of piperidine rings is 1. The normalized spacial score (nSPS) is 25.6. The number of benzene rings is 1. The van der Waals surface area contributed by atoms with E-state index in [1.54, 1.807) is 0 Å². The van der Waals surface area contributed by atoms with Gasteiger partial charge in [0, 0.05) is 23.7 Å². The standard InChI is InChI=1S/C23H27F3N4O/c1-2-30-9-3-4-16(12-30)27-22-20-14-6-5-13(10-14)19(20)21(28-29-22)17-8-7-15(11-18(17)31)23(24,25)26/h7-8,11,13-14,16,31H,2-6,9-10,12H2,1H3,(H,27,29)/t13?,14?,16-/m1/s1. The molecule has 5 nitrogen and oxygen atoms in total. The number of aromatic hydroxyl groups is 1. The molecule has 0 radical (unpaired) electrons. The van der Waals surface area contributed by atoms with E-state index in [0.29, 0.717) is 29.1 Å². The first-order chi connectivity index (χ1) is 14.8. The number of phenolic OH excluding ortho intramolecular Hbond substituents is 1. The van der Waals surface area contributed by atoms with Crippen molar-refractivity contribution in [3.8, 4) is 17.0 Å². The van der Waals surface area contributed by atoms with Crippen LogP contribution in [0.3, 0.4) is 0 Å². The van der Waals surface area contributed by atoms with Gasteiger partial charge in [0.25, 0.3) is 0 Å². The quantitative estimate of drug-likeness (QED) is 0.702. The number of anilines is 1. The van der Waals surface area contributed by atoms with Gasteiger partial charge in [-0.05, 0) is 80.8 Å². The Labute approximate surface area is 179 Å². The fraction of sp³-hybridized carbons (Fsp3) is 0.565. The Bertz CT molecular complexity index is 994. The Morgan fingerprint density at radius 3 is 2.61 bits per heavy atom. The molecule has 2 heterocycles. The van der Waals surface area contributed by atoms with Gasteiger partial charge in [0.1, 0.15) is 11.4 Å². The number of rotatable bonds is 4. The summed E-state index contributed by atoms with van der Waals surface area (Å²) >= 11 is 0. The summed E-state index contributed by atoms with van der Waals surface area (Å²) in [5.41, 5.74) is 2.21. The third-order valence-corrected chi connectivity index (χ3v) is 7.17. The van der Waals surface area contributed by atoms with Crippen LogP contribution in [0.4, 0.5) is 19.0 Å². The van der Waals surface area contributed by atoms with E-state index >= 15 is 0 Å². The minimum absolute atomic E-state index is 0.316. The highest BCUT2D eigenvalue weighted by molar-refractivity contribution is 5.75. The lowest BCUT2D eigenvalue weighted by atomic mass is 9.88. The maximum Gasteiger partial charge on any atom is 0.416 e. The van der Waals surface area contributed by atoms with Gasteiger partial charge in [0.15, 0.2) is 5.82 Å². The summed E-state index contributed by atoms with van der Waals surface area (Å²) in [5.74, 6) is 1.14. The zero-order valence-electron chi connectivity index (χ0n) is 17.5. The van der Waals surface area contributed by atoms with Crippen LogP contribution in [0.1, 0.15) is 67.6 Å². The van der Waals surface area contributed by atoms with E-state index in [-0.39, 0.29) is 0 Å². The molecule has 1 saturated carbocycles. The smallest absolute Gasteiger partial charge is 0.416 e. The summed E-state index contributed by atoms with van der Waals surface area (Å²) in [7, 11) is 0. The predicted octanol–water partition coefficient (Wildman–Crippen LogP) is 5.13. The highest BCUT2D eigenvalue weighted by Gasteiger charge is 2.42. The number of nitrogens with one attached hydrogen (secondary N) is 1. The summed E-state index contributed by atoms with van der Waals surface area (Å²) in [6.45, 7) is 5.29. The molecular formula is C23H27F3N4O. The molecule has 2 fully saturated rings. The van der Waals surface area contributed by atoms with Crippen LogP contribution in [0.15, 0.2) is 18.2 Å². The second kappa shape index (κ2) is 7.65. The van der Waals surface area contributed by atoms with Crippen LogP contribution < -0.4 is 5.32 Å². The van der Waals surface area contributed by atoms with Crippen molar-refractivity contribution >= 4 is 5.82 Å². The van der Waals surface area contributed by atoms with Crippen molar-refractivity contribution in [3.05, 3.63) is 34.9 Å². The number of alkyl halides is 3. The van der Waals surface area contributed by atoms with E-state index in [4.69, 9.17) is 0 Å². The molecule has 2 bridgehead atoms. The van der Waals surface area contributed by atoms with Crippen LogP contribution in [0.2, 0.25) is 0 Å². The van der Waals surface area contributed by atoms with Crippen molar-refractivity contribution < 1.29 is 18.3 Å². The number of halogens is 3. The van der Waals surface area contributed by atoms with Crippen molar-refractivity contribution in [1.29, 1.82) is 0 Å². The number of hydrogen-bond acceptors (Lipinski definition) is 5. The fourth-order valence-electron chi connectivity index (χ4n) is 5.66. The molecule has 2 N–H and O–H groups in total. The average molecular weight is 432 g/mol. The zero-order chi connectivity index (χ0) is 21.8. The Morgan fingerprint density at radius 1 is 1.13 bits per heavy atom. The number of nitrogens with zero attached hydrogens (tertiary/aromatic N) is 3. The monoisotopic (exact) mass is 432 g/mol. The van der Waals surface area contributed by atoms with Gasteiger partial charge in [-0.25, -0.2) is 0 Å². The zero-order valence-corrected chi connectivity index (χ0v) is 17.5. The third-order valence-electron chi connectivity index (χ3n) is 7.17. The minimum atomic E-state index is -4.50. The third kappa shape index (κ3) is 3.64. The van der Waals surface area contributed by atoms with Gasteiger partial charge in [-0.1, -0.05) is 6.92 Å². The van der Waals surface area contributed by atoms with Crippen molar-refractivity contribution in [2.75, 3.05) is 25.0 Å². The van der Waals surface area contributed by atoms with Gasteiger partial charge in [-0.3, -0.25) is 0 Å². The molecule has 3 aliphatic rings. The molecule has 8 heteroatoms. The van der Waals surface area contributed by atoms with Crippen molar-refractivity contribution in [3.63, 3.8) is 0 Å². The van der Waals surface area contributed by atoms with Gasteiger partial charge < -0.3 is 15.3 Å². The second-order valence-corrected chi connectivity index (χ2v) is 9.04. The van der Waals surface area contributed by atoms with Crippen LogP contribution in [0.5, 0.6) is 5.75 Å².